The normalized spacial score (nSPS) is 44.4. The minimum atomic E-state index is -4.94. The summed E-state index contributed by atoms with van der Waals surface area (Å²) in [6.07, 6.45) is 1.06. The van der Waals surface area contributed by atoms with E-state index in [0.29, 0.717) is 31.1 Å². The van der Waals surface area contributed by atoms with E-state index in [-0.39, 0.29) is 17.1 Å². The number of nitrogens with zero attached hydrogens (tertiary/aromatic N) is 1. The summed E-state index contributed by atoms with van der Waals surface area (Å²) < 4.78 is 39.2. The number of ketones is 1. The largest absolute Gasteiger partial charge is 0.471 e. The fourth-order valence-corrected chi connectivity index (χ4v) is 7.57. The highest BCUT2D eigenvalue weighted by atomic mass is 19.4. The number of allylic oxidation sites excluding steroid dienone is 1. The lowest BCUT2D eigenvalue weighted by Gasteiger charge is -2.58. The zero-order valence-corrected chi connectivity index (χ0v) is 17.3. The Morgan fingerprint density at radius 1 is 1.17 bits per heavy atom. The number of aliphatic hydroxyl groups excluding tert-OH is 1. The van der Waals surface area contributed by atoms with E-state index in [1.54, 1.807) is 0 Å². The summed E-state index contributed by atoms with van der Waals surface area (Å²) in [5.41, 5.74) is 0.672. The molecule has 162 valence electrons. The molecule has 0 heterocycles. The van der Waals surface area contributed by atoms with E-state index >= 15 is 0 Å². The zero-order chi connectivity index (χ0) is 21.4. The van der Waals surface area contributed by atoms with E-state index < -0.39 is 29.6 Å². The Morgan fingerprint density at radius 2 is 1.86 bits per heavy atom. The number of carbonyl (C=O) groups excluding carboxylic acids is 2. The average Bonchev–Trinajstić information content (AvgIpc) is 2.90. The maximum absolute atomic E-state index is 13.1. The fraction of sp³-hybridized carbons (Fsp3) is 0.818. The molecular weight excluding hydrogens is 383 g/mol. The van der Waals surface area contributed by atoms with Crippen LogP contribution in [0.15, 0.2) is 11.6 Å². The number of carbonyl (C=O) groups is 2. The molecule has 4 rings (SSSR count). The Labute approximate surface area is 169 Å². The van der Waals surface area contributed by atoms with Crippen LogP contribution >= 0.6 is 0 Å². The van der Waals surface area contributed by atoms with E-state index in [1.165, 1.54) is 12.6 Å². The molecule has 0 bridgehead atoms. The molecule has 0 aliphatic heterocycles. The average molecular weight is 413 g/mol. The lowest BCUT2D eigenvalue weighted by molar-refractivity contribution is -0.191. The van der Waals surface area contributed by atoms with Gasteiger partial charge in [-0.1, -0.05) is 19.4 Å². The molecule has 0 aromatic heterocycles. The van der Waals surface area contributed by atoms with Crippen molar-refractivity contribution in [3.8, 4) is 0 Å². The Bertz CT molecular complexity index is 763. The van der Waals surface area contributed by atoms with Gasteiger partial charge in [0.15, 0.2) is 5.78 Å². The number of likely N-dealkylation sites (N-methyl/N-ethyl adjacent to an activating group) is 1. The van der Waals surface area contributed by atoms with E-state index in [0.717, 1.165) is 30.6 Å². The van der Waals surface area contributed by atoms with Gasteiger partial charge < -0.3 is 10.0 Å². The predicted molar refractivity (Wildman–Crippen MR) is 101 cm³/mol. The second-order valence-corrected chi connectivity index (χ2v) is 10.2. The van der Waals surface area contributed by atoms with Crippen LogP contribution in [0, 0.1) is 28.6 Å². The Balaban J connectivity index is 1.64. The van der Waals surface area contributed by atoms with Crippen molar-refractivity contribution in [2.75, 3.05) is 7.05 Å². The molecule has 0 aromatic carbocycles. The van der Waals surface area contributed by atoms with E-state index in [1.807, 2.05) is 13.0 Å². The first-order valence-corrected chi connectivity index (χ1v) is 10.7. The highest BCUT2D eigenvalue weighted by molar-refractivity contribution is 5.91. The number of rotatable bonds is 1. The van der Waals surface area contributed by atoms with Crippen molar-refractivity contribution in [3.05, 3.63) is 11.6 Å². The standard InChI is InChI=1S/C22H30F3NO3/c1-20-8-6-13(27)10-12(20)4-5-14-15(20)7-9-21(2)16(14)11-17(28)18(21)26(3)19(29)22(23,24)25/h10,14-18,28H,4-9,11H2,1-3H3/t14-,15-,16+,17?,18?,20+,21+/m1/s1. The topological polar surface area (TPSA) is 57.6 Å². The molecule has 0 radical (unpaired) electrons. The number of amides is 1. The molecule has 1 N–H and O–H groups in total. The molecule has 3 saturated carbocycles. The molecule has 4 aliphatic rings. The van der Waals surface area contributed by atoms with Crippen LogP contribution in [0.25, 0.3) is 0 Å². The summed E-state index contributed by atoms with van der Waals surface area (Å²) >= 11 is 0. The van der Waals surface area contributed by atoms with Gasteiger partial charge in [0, 0.05) is 13.5 Å². The van der Waals surface area contributed by atoms with Crippen LogP contribution in [0.5, 0.6) is 0 Å². The van der Waals surface area contributed by atoms with Crippen molar-refractivity contribution >= 4 is 11.7 Å². The summed E-state index contributed by atoms with van der Waals surface area (Å²) in [5, 5.41) is 10.8. The summed E-state index contributed by atoms with van der Waals surface area (Å²) in [5.74, 6) is -0.917. The first kappa shape index (κ1) is 20.9. The monoisotopic (exact) mass is 413 g/mol. The number of alkyl halides is 3. The van der Waals surface area contributed by atoms with Crippen LogP contribution in [0.1, 0.15) is 58.8 Å². The van der Waals surface area contributed by atoms with Crippen molar-refractivity contribution in [2.24, 2.45) is 28.6 Å². The van der Waals surface area contributed by atoms with Crippen molar-refractivity contribution in [1.29, 1.82) is 0 Å². The molecule has 2 unspecified atom stereocenters. The fourth-order valence-electron chi connectivity index (χ4n) is 7.57. The highest BCUT2D eigenvalue weighted by Crippen LogP contribution is 2.65. The number of hydrogen-bond donors (Lipinski definition) is 1. The Morgan fingerprint density at radius 3 is 2.52 bits per heavy atom. The van der Waals surface area contributed by atoms with E-state index in [4.69, 9.17) is 0 Å². The molecule has 3 fully saturated rings. The molecule has 0 spiro atoms. The minimum absolute atomic E-state index is 0.0329. The van der Waals surface area contributed by atoms with Crippen molar-refractivity contribution in [2.45, 2.75) is 77.1 Å². The Kier molecular flexibility index (Phi) is 4.73. The van der Waals surface area contributed by atoms with Crippen molar-refractivity contribution < 1.29 is 27.9 Å². The zero-order valence-electron chi connectivity index (χ0n) is 17.3. The lowest BCUT2D eigenvalue weighted by Crippen LogP contribution is -2.57. The van der Waals surface area contributed by atoms with E-state index in [9.17, 15) is 27.9 Å². The molecule has 7 heteroatoms. The van der Waals surface area contributed by atoms with Crippen molar-refractivity contribution in [1.82, 2.24) is 4.90 Å². The summed E-state index contributed by atoms with van der Waals surface area (Å²) in [4.78, 5) is 24.6. The number of aliphatic hydroxyl groups is 1. The van der Waals surface area contributed by atoms with Gasteiger partial charge in [-0.15, -0.1) is 0 Å². The summed E-state index contributed by atoms with van der Waals surface area (Å²) in [7, 11) is 1.18. The molecule has 4 nitrogen and oxygen atoms in total. The van der Waals surface area contributed by atoms with Crippen LogP contribution in [0.4, 0.5) is 13.2 Å². The van der Waals surface area contributed by atoms with Gasteiger partial charge in [0.05, 0.1) is 12.1 Å². The van der Waals surface area contributed by atoms with Crippen molar-refractivity contribution in [3.63, 3.8) is 0 Å². The molecule has 0 saturated heterocycles. The van der Waals surface area contributed by atoms with Gasteiger partial charge in [-0.2, -0.15) is 13.2 Å². The van der Waals surface area contributed by atoms with Gasteiger partial charge in [0.1, 0.15) is 0 Å². The smallest absolute Gasteiger partial charge is 0.391 e. The lowest BCUT2D eigenvalue weighted by atomic mass is 9.47. The third kappa shape index (κ3) is 2.98. The molecule has 1 amide bonds. The van der Waals surface area contributed by atoms with Crippen LogP contribution in [0.2, 0.25) is 0 Å². The third-order valence-corrected chi connectivity index (χ3v) is 8.92. The predicted octanol–water partition coefficient (Wildman–Crippen LogP) is 3.88. The van der Waals surface area contributed by atoms with Gasteiger partial charge in [0.2, 0.25) is 0 Å². The summed E-state index contributed by atoms with van der Waals surface area (Å²) in [6.45, 7) is 4.21. The van der Waals surface area contributed by atoms with Gasteiger partial charge in [-0.3, -0.25) is 9.59 Å². The van der Waals surface area contributed by atoms with Crippen LogP contribution in [-0.4, -0.2) is 47.1 Å². The second kappa shape index (κ2) is 6.56. The maximum Gasteiger partial charge on any atom is 0.471 e. The van der Waals surface area contributed by atoms with Gasteiger partial charge in [-0.05, 0) is 73.2 Å². The molecule has 29 heavy (non-hydrogen) atoms. The molecule has 4 aliphatic carbocycles. The molecular formula is C22H30F3NO3. The van der Waals surface area contributed by atoms with Crippen LogP contribution in [-0.2, 0) is 9.59 Å². The van der Waals surface area contributed by atoms with Gasteiger partial charge in [0.25, 0.3) is 0 Å². The van der Waals surface area contributed by atoms with Gasteiger partial charge >= 0.3 is 12.1 Å². The second-order valence-electron chi connectivity index (χ2n) is 10.2. The Hall–Kier alpha value is -1.37. The SMILES string of the molecule is CN(C(=O)C(F)(F)F)C1C(O)C[C@H]2[C@@H]3CCC4=CC(=O)CC[C@]4(C)[C@@H]3CC[C@]12C. The molecule has 7 atom stereocenters. The maximum atomic E-state index is 13.1. The van der Waals surface area contributed by atoms with Crippen LogP contribution < -0.4 is 0 Å². The first-order valence-electron chi connectivity index (χ1n) is 10.7. The summed E-state index contributed by atoms with van der Waals surface area (Å²) in [6, 6.07) is -0.819. The number of hydrogen-bond acceptors (Lipinski definition) is 3. The van der Waals surface area contributed by atoms with E-state index in [2.05, 4.69) is 6.92 Å². The number of fused-ring (bicyclic) bond motifs is 5. The quantitative estimate of drug-likeness (QED) is 0.710. The van der Waals surface area contributed by atoms with Gasteiger partial charge in [-0.25, -0.2) is 0 Å². The number of halogens is 3. The highest BCUT2D eigenvalue weighted by Gasteiger charge is 2.63. The first-order chi connectivity index (χ1) is 13.4. The third-order valence-electron chi connectivity index (χ3n) is 8.92. The molecule has 0 aromatic rings. The van der Waals surface area contributed by atoms with Crippen LogP contribution in [0.3, 0.4) is 0 Å². The minimum Gasteiger partial charge on any atom is -0.391 e.